The molecule has 1 saturated carbocycles. The molecule has 1 aromatic heterocycles. The maximum absolute atomic E-state index is 15.5. The molecule has 2 aromatic rings. The Morgan fingerprint density at radius 3 is 2.67 bits per heavy atom. The molecule has 33 heavy (non-hydrogen) atoms. The molecule has 2 heterocycles. The van der Waals surface area contributed by atoms with Crippen LogP contribution in [0.25, 0.3) is 10.9 Å². The maximum Gasteiger partial charge on any atom is 0.343 e. The molecular weight excluding hydrogens is 432 g/mol. The minimum atomic E-state index is -1.58. The minimum absolute atomic E-state index is 0.0664. The van der Waals surface area contributed by atoms with Crippen molar-refractivity contribution in [3.8, 4) is 5.75 Å². The maximum atomic E-state index is 15.5. The second-order valence-corrected chi connectivity index (χ2v) is 8.90. The van der Waals surface area contributed by atoms with Crippen LogP contribution in [0, 0.1) is 5.82 Å². The smallest absolute Gasteiger partial charge is 0.343 e. The van der Waals surface area contributed by atoms with E-state index in [2.05, 4.69) is 0 Å². The van der Waals surface area contributed by atoms with Gasteiger partial charge in [-0.1, -0.05) is 5.57 Å². The van der Waals surface area contributed by atoms with Gasteiger partial charge < -0.3 is 18.9 Å². The number of benzene rings is 1. The first kappa shape index (κ1) is 23.2. The molecule has 1 saturated heterocycles. The zero-order valence-corrected chi connectivity index (χ0v) is 19.1. The second kappa shape index (κ2) is 9.13. The highest BCUT2D eigenvalue weighted by molar-refractivity contribution is 5.97. The van der Waals surface area contributed by atoms with Crippen LogP contribution in [0.1, 0.15) is 55.9 Å². The van der Waals surface area contributed by atoms with Gasteiger partial charge >= 0.3 is 5.97 Å². The lowest BCUT2D eigenvalue weighted by molar-refractivity contribution is 0.0375. The van der Waals surface area contributed by atoms with E-state index in [1.165, 1.54) is 25.4 Å². The van der Waals surface area contributed by atoms with Crippen molar-refractivity contribution in [2.75, 3.05) is 25.1 Å². The van der Waals surface area contributed by atoms with E-state index in [1.54, 1.807) is 18.7 Å². The molecule has 1 unspecified atom stereocenters. The fourth-order valence-electron chi connectivity index (χ4n) is 4.45. The lowest BCUT2D eigenvalue weighted by atomic mass is 10.0. The van der Waals surface area contributed by atoms with Gasteiger partial charge in [0.25, 0.3) is 0 Å². The molecule has 1 atom stereocenters. The number of pyridine rings is 1. The summed E-state index contributed by atoms with van der Waals surface area (Å²) in [6.07, 6.45) is 4.01. The Morgan fingerprint density at radius 2 is 2.06 bits per heavy atom. The predicted octanol–water partition coefficient (Wildman–Crippen LogP) is 3.83. The van der Waals surface area contributed by atoms with E-state index in [-0.39, 0.29) is 28.4 Å². The summed E-state index contributed by atoms with van der Waals surface area (Å²) in [7, 11) is 1.43. The molecule has 0 radical (unpaired) electrons. The summed E-state index contributed by atoms with van der Waals surface area (Å²) in [5.41, 5.74) is 6.00. The highest BCUT2D eigenvalue weighted by atomic mass is 19.1. The number of hydrogen-bond acceptors (Lipinski definition) is 6. The molecule has 1 aromatic carbocycles. The van der Waals surface area contributed by atoms with E-state index in [0.717, 1.165) is 18.4 Å². The third kappa shape index (κ3) is 4.59. The molecule has 0 amide bonds. The van der Waals surface area contributed by atoms with Crippen LogP contribution in [0.4, 0.5) is 14.5 Å². The number of rotatable bonds is 6. The molecule has 7 nitrogen and oxygen atoms in total. The van der Waals surface area contributed by atoms with Crippen molar-refractivity contribution in [3.63, 3.8) is 0 Å². The van der Waals surface area contributed by atoms with Gasteiger partial charge in [-0.05, 0) is 51.7 Å². The van der Waals surface area contributed by atoms with Gasteiger partial charge in [0, 0.05) is 25.3 Å². The Kier molecular flexibility index (Phi) is 6.43. The molecule has 4 rings (SSSR count). The van der Waals surface area contributed by atoms with E-state index in [9.17, 15) is 14.0 Å². The van der Waals surface area contributed by atoms with E-state index >= 15 is 4.39 Å². The number of aromatic nitrogens is 1. The average molecular weight is 462 g/mol. The number of carbonyl (C=O) groups is 1. The van der Waals surface area contributed by atoms with E-state index < -0.39 is 29.6 Å². The second-order valence-electron chi connectivity index (χ2n) is 8.90. The van der Waals surface area contributed by atoms with Gasteiger partial charge in [-0.15, -0.1) is 0 Å². The number of piperidine rings is 1. The number of nitrogens with zero attached hydrogens (tertiary/aromatic N) is 2. The van der Waals surface area contributed by atoms with Crippen molar-refractivity contribution in [1.29, 1.82) is 0 Å². The first-order chi connectivity index (χ1) is 15.7. The summed E-state index contributed by atoms with van der Waals surface area (Å²) in [6.45, 7) is 4.25. The van der Waals surface area contributed by atoms with Crippen molar-refractivity contribution in [2.45, 2.75) is 58.0 Å². The first-order valence-corrected chi connectivity index (χ1v) is 11.2. The van der Waals surface area contributed by atoms with Crippen LogP contribution < -0.4 is 20.8 Å². The minimum Gasteiger partial charge on any atom is -0.492 e. The van der Waals surface area contributed by atoms with Gasteiger partial charge in [-0.3, -0.25) is 10.5 Å². The molecular formula is C24H29F2N3O4. The van der Waals surface area contributed by atoms with E-state index in [0.29, 0.717) is 31.4 Å². The van der Waals surface area contributed by atoms with Crippen molar-refractivity contribution >= 4 is 22.6 Å². The summed E-state index contributed by atoms with van der Waals surface area (Å²) in [6, 6.07) is 1.24. The highest BCUT2D eigenvalue weighted by Crippen LogP contribution is 2.44. The standard InChI is InChI=1S/C24H29F2N3O4/c1-13(2)33-24(31)17-12-29(15-6-7-15)20-16(22(17)30)10-18(25)21(23(20)32-3)28-8-4-5-14(11-28)9-19(26)27/h9-10,12-13,15,19H,4-8,11,27H2,1-3H3. The SMILES string of the molecule is COc1c(N2CCCC(=CC(N)F)C2)c(F)cc2c(=O)c(C(=O)OC(C)C)cn(C3CC3)c12. The van der Waals surface area contributed by atoms with Gasteiger partial charge in [0.1, 0.15) is 11.3 Å². The van der Waals surface area contributed by atoms with Gasteiger partial charge in [0.05, 0.1) is 24.1 Å². The number of nitrogens with two attached hydrogens (primary N) is 1. The number of hydrogen-bond donors (Lipinski definition) is 1. The molecule has 0 spiro atoms. The van der Waals surface area contributed by atoms with Crippen molar-refractivity contribution < 1.29 is 23.0 Å². The zero-order chi connectivity index (χ0) is 23.9. The number of anilines is 1. The predicted molar refractivity (Wildman–Crippen MR) is 122 cm³/mol. The van der Waals surface area contributed by atoms with Gasteiger partial charge in [0.15, 0.2) is 17.9 Å². The number of carbonyl (C=O) groups excluding carboxylic acids is 1. The number of fused-ring (bicyclic) bond motifs is 1. The molecule has 0 bridgehead atoms. The zero-order valence-electron chi connectivity index (χ0n) is 19.1. The molecule has 1 aliphatic carbocycles. The first-order valence-electron chi connectivity index (χ1n) is 11.2. The monoisotopic (exact) mass is 461 g/mol. The van der Waals surface area contributed by atoms with Crippen LogP contribution in [0.3, 0.4) is 0 Å². The Hall–Kier alpha value is -2.94. The molecule has 9 heteroatoms. The third-order valence-electron chi connectivity index (χ3n) is 5.94. The fourth-order valence-corrected chi connectivity index (χ4v) is 4.45. The number of ether oxygens (including phenoxy) is 2. The number of esters is 1. The van der Waals surface area contributed by atoms with Gasteiger partial charge in [-0.2, -0.15) is 0 Å². The van der Waals surface area contributed by atoms with Crippen LogP contribution in [0.5, 0.6) is 5.75 Å². The van der Waals surface area contributed by atoms with Crippen LogP contribution in [-0.2, 0) is 4.74 Å². The van der Waals surface area contributed by atoms with Crippen molar-refractivity contribution in [1.82, 2.24) is 4.57 Å². The van der Waals surface area contributed by atoms with Crippen molar-refractivity contribution in [3.05, 3.63) is 45.5 Å². The summed E-state index contributed by atoms with van der Waals surface area (Å²) in [5, 5.41) is 0.0664. The Labute approximate surface area is 190 Å². The van der Waals surface area contributed by atoms with Crippen LogP contribution in [-0.4, -0.2) is 43.1 Å². The van der Waals surface area contributed by atoms with Crippen molar-refractivity contribution in [2.24, 2.45) is 5.73 Å². The van der Waals surface area contributed by atoms with E-state index in [4.69, 9.17) is 15.2 Å². The summed E-state index contributed by atoms with van der Waals surface area (Å²) >= 11 is 0. The Balaban J connectivity index is 1.91. The number of halogens is 2. The number of methoxy groups -OCH3 is 1. The van der Waals surface area contributed by atoms with Crippen LogP contribution in [0.2, 0.25) is 0 Å². The lowest BCUT2D eigenvalue weighted by Gasteiger charge is -2.33. The highest BCUT2D eigenvalue weighted by Gasteiger charge is 2.32. The summed E-state index contributed by atoms with van der Waals surface area (Å²) < 4.78 is 41.6. The lowest BCUT2D eigenvalue weighted by Crippen LogP contribution is -2.33. The molecule has 2 fully saturated rings. The Morgan fingerprint density at radius 1 is 1.33 bits per heavy atom. The van der Waals surface area contributed by atoms with E-state index in [1.807, 2.05) is 4.57 Å². The molecule has 2 aliphatic rings. The Bertz CT molecular complexity index is 1170. The summed E-state index contributed by atoms with van der Waals surface area (Å²) in [4.78, 5) is 27.6. The topological polar surface area (TPSA) is 86.8 Å². The van der Waals surface area contributed by atoms with Gasteiger partial charge in [0.2, 0.25) is 5.43 Å². The van der Waals surface area contributed by atoms with Crippen LogP contribution in [0.15, 0.2) is 28.7 Å². The third-order valence-corrected chi connectivity index (χ3v) is 5.94. The average Bonchev–Trinajstić information content (AvgIpc) is 3.58. The molecule has 1 aliphatic heterocycles. The molecule has 178 valence electrons. The largest absolute Gasteiger partial charge is 0.492 e. The quantitative estimate of drug-likeness (QED) is 0.400. The van der Waals surface area contributed by atoms with Crippen LogP contribution >= 0.6 is 0 Å². The summed E-state index contributed by atoms with van der Waals surface area (Å²) in [5.74, 6) is -1.15. The fraction of sp³-hybridized carbons (Fsp3) is 0.500. The number of alkyl halides is 1. The normalized spacial score (nSPS) is 18.8. The van der Waals surface area contributed by atoms with Gasteiger partial charge in [-0.25, -0.2) is 13.6 Å². The molecule has 2 N–H and O–H groups in total.